The van der Waals surface area contributed by atoms with Gasteiger partial charge in [0.1, 0.15) is 4.90 Å². The van der Waals surface area contributed by atoms with Gasteiger partial charge in [-0.3, -0.25) is 0 Å². The molecule has 0 atom stereocenters. The number of sulfonamides is 1. The van der Waals surface area contributed by atoms with E-state index in [9.17, 15) is 23.2 Å². The Morgan fingerprint density at radius 1 is 1.35 bits per heavy atom. The van der Waals surface area contributed by atoms with Gasteiger partial charge in [-0.05, 0) is 23.9 Å². The molecule has 0 bridgehead atoms. The van der Waals surface area contributed by atoms with Crippen LogP contribution >= 0.6 is 0 Å². The van der Waals surface area contributed by atoms with Crippen LogP contribution in [0.4, 0.5) is 4.79 Å². The number of carboxylic acid groups (broad SMARTS) is 1. The number of ether oxygens (including phenoxy) is 1. The Kier molecular flexibility index (Phi) is 5.21. The second-order valence-corrected chi connectivity index (χ2v) is 6.56. The number of hydrazone groups is 1. The molecule has 4 N–H and O–H groups in total. The lowest BCUT2D eigenvalue weighted by molar-refractivity contribution is -0.669. The van der Waals surface area contributed by atoms with Gasteiger partial charge in [-0.15, -0.1) is 0 Å². The Balaban J connectivity index is 2.19. The van der Waals surface area contributed by atoms with Gasteiger partial charge in [-0.1, -0.05) is 12.1 Å². The van der Waals surface area contributed by atoms with Gasteiger partial charge in [0.2, 0.25) is 0 Å². The first-order chi connectivity index (χ1) is 12.2. The number of amides is 2. The number of aromatic carboxylic acids is 1. The number of carbonyl (C=O) groups is 2. The Hall–Kier alpha value is -3.48. The molecule has 0 radical (unpaired) electrons. The summed E-state index contributed by atoms with van der Waals surface area (Å²) in [7, 11) is -3.27. The van der Waals surface area contributed by atoms with E-state index in [1.54, 1.807) is 11.6 Å². The lowest BCUT2D eigenvalue weighted by Gasteiger charge is -2.25. The summed E-state index contributed by atoms with van der Waals surface area (Å²) >= 11 is 0. The van der Waals surface area contributed by atoms with Crippen LogP contribution in [0, 0.1) is 5.21 Å². The summed E-state index contributed by atoms with van der Waals surface area (Å²) < 4.78 is 31.0. The third-order valence-corrected chi connectivity index (χ3v) is 4.43. The fraction of sp³-hybridized carbons (Fsp3) is 0.154. The molecule has 1 aromatic rings. The van der Waals surface area contributed by atoms with Crippen molar-refractivity contribution in [1.29, 1.82) is 0 Å². The van der Waals surface area contributed by atoms with Crippen LogP contribution in [0.1, 0.15) is 17.3 Å². The Labute approximate surface area is 147 Å². The number of methoxy groups -OCH3 is 1. The van der Waals surface area contributed by atoms with E-state index in [1.807, 2.05) is 5.43 Å². The summed E-state index contributed by atoms with van der Waals surface area (Å²) in [5, 5.41) is 21.5. The molecule has 0 saturated heterocycles. The minimum Gasteiger partial charge on any atom is -0.590 e. The molecular weight excluding hydrogens is 370 g/mol. The Bertz CT molecular complexity index is 909. The zero-order valence-corrected chi connectivity index (χ0v) is 14.4. The van der Waals surface area contributed by atoms with E-state index in [0.717, 1.165) is 12.1 Å². The largest absolute Gasteiger partial charge is 0.590 e. The summed E-state index contributed by atoms with van der Waals surface area (Å²) in [6.07, 6.45) is 1.35. The second-order valence-electron chi connectivity index (χ2n) is 4.91. The van der Waals surface area contributed by atoms with Gasteiger partial charge in [0.25, 0.3) is 10.0 Å². The van der Waals surface area contributed by atoms with Crippen LogP contribution in [0.5, 0.6) is 0 Å². The zero-order chi connectivity index (χ0) is 19.5. The number of urea groups is 1. The molecule has 0 aliphatic carbocycles. The molecule has 0 unspecified atom stereocenters. The maximum absolute atomic E-state index is 12.3. The predicted octanol–water partition coefficient (Wildman–Crippen LogP) is -0.518. The van der Waals surface area contributed by atoms with Crippen molar-refractivity contribution in [1.82, 2.24) is 20.8 Å². The van der Waals surface area contributed by atoms with E-state index in [-0.39, 0.29) is 10.7 Å². The molecule has 0 spiro atoms. The number of rotatable bonds is 4. The molecule has 1 aromatic carbocycles. The van der Waals surface area contributed by atoms with Crippen LogP contribution < -0.4 is 15.6 Å². The molecule has 2 rings (SSSR count). The van der Waals surface area contributed by atoms with Crippen molar-refractivity contribution < 1.29 is 32.7 Å². The minimum absolute atomic E-state index is 0.129. The molecular formula is C13H15N5O7S. The van der Waals surface area contributed by atoms with Gasteiger partial charge >= 0.3 is 17.9 Å². The van der Waals surface area contributed by atoms with Crippen molar-refractivity contribution >= 4 is 27.9 Å². The quantitative estimate of drug-likeness (QED) is 0.394. The normalized spacial score (nSPS) is 14.2. The van der Waals surface area contributed by atoms with Gasteiger partial charge in [-0.2, -0.15) is 5.43 Å². The molecule has 140 valence electrons. The van der Waals surface area contributed by atoms with Crippen molar-refractivity contribution in [3.63, 3.8) is 0 Å². The number of nitrogens with zero attached hydrogens (tertiary/aromatic N) is 2. The maximum Gasteiger partial charge on any atom is 0.408 e. The number of carboxylic acids is 1. The number of hydrazine groups is 3. The first kappa shape index (κ1) is 18.9. The van der Waals surface area contributed by atoms with Crippen molar-refractivity contribution in [2.45, 2.75) is 11.8 Å². The molecule has 1 aliphatic heterocycles. The molecule has 0 aromatic heterocycles. The average Bonchev–Trinajstić information content (AvgIpc) is 2.57. The number of carbonyl (C=O) groups excluding carboxylic acids is 1. The fourth-order valence-corrected chi connectivity index (χ4v) is 3.07. The highest BCUT2D eigenvalue weighted by atomic mass is 32.2. The molecule has 1 heterocycles. The highest BCUT2D eigenvalue weighted by Gasteiger charge is 2.28. The number of benzene rings is 1. The highest BCUT2D eigenvalue weighted by Crippen LogP contribution is 2.15. The lowest BCUT2D eigenvalue weighted by Crippen LogP contribution is -2.59. The highest BCUT2D eigenvalue weighted by molar-refractivity contribution is 7.90. The van der Waals surface area contributed by atoms with Crippen LogP contribution in [0.2, 0.25) is 0 Å². The van der Waals surface area contributed by atoms with Gasteiger partial charge in [0, 0.05) is 10.9 Å². The molecule has 26 heavy (non-hydrogen) atoms. The van der Waals surface area contributed by atoms with Gasteiger partial charge in [0.15, 0.2) is 0 Å². The predicted molar refractivity (Wildman–Crippen MR) is 86.6 cm³/mol. The number of nitrogens with one attached hydrogen (secondary N) is 3. The molecule has 0 saturated carbocycles. The van der Waals surface area contributed by atoms with Crippen LogP contribution in [-0.4, -0.2) is 48.6 Å². The first-order valence-electron chi connectivity index (χ1n) is 6.94. The molecule has 13 heteroatoms. The minimum atomic E-state index is -4.51. The Morgan fingerprint density at radius 3 is 2.62 bits per heavy atom. The van der Waals surface area contributed by atoms with E-state index in [1.165, 1.54) is 25.3 Å². The monoisotopic (exact) mass is 385 g/mol. The third-order valence-electron chi connectivity index (χ3n) is 3.04. The number of hydrogen-bond donors (Lipinski definition) is 4. The van der Waals surface area contributed by atoms with Crippen molar-refractivity contribution in [3.05, 3.63) is 46.8 Å². The summed E-state index contributed by atoms with van der Waals surface area (Å²) in [5.74, 6) is -1.64. The van der Waals surface area contributed by atoms with E-state index >= 15 is 0 Å². The van der Waals surface area contributed by atoms with E-state index in [0.29, 0.717) is 10.9 Å². The molecule has 12 nitrogen and oxygen atoms in total. The SMILES string of the molecule is COC1=[N+]([O-])N(NC(=O)NS(=O)(=O)c2ccccc2C(=O)O)NC(C)=C1. The molecule has 2 amide bonds. The maximum atomic E-state index is 12.3. The van der Waals surface area contributed by atoms with Gasteiger partial charge < -0.3 is 15.1 Å². The molecule has 0 fully saturated rings. The van der Waals surface area contributed by atoms with Crippen molar-refractivity contribution in [2.24, 2.45) is 0 Å². The summed E-state index contributed by atoms with van der Waals surface area (Å²) in [4.78, 5) is 22.6. The summed E-state index contributed by atoms with van der Waals surface area (Å²) in [5.41, 5.74) is 4.33. The zero-order valence-electron chi connectivity index (χ0n) is 13.6. The molecule has 1 aliphatic rings. The Morgan fingerprint density at radius 2 is 2.00 bits per heavy atom. The van der Waals surface area contributed by atoms with E-state index in [4.69, 9.17) is 9.84 Å². The van der Waals surface area contributed by atoms with Gasteiger partial charge in [0.05, 0.1) is 18.7 Å². The number of allylic oxidation sites excluding steroid dienone is 1. The van der Waals surface area contributed by atoms with Crippen LogP contribution in [0.15, 0.2) is 40.9 Å². The fourth-order valence-electron chi connectivity index (χ4n) is 1.97. The van der Waals surface area contributed by atoms with Crippen LogP contribution in [0.25, 0.3) is 0 Å². The van der Waals surface area contributed by atoms with Crippen molar-refractivity contribution in [2.75, 3.05) is 7.11 Å². The van der Waals surface area contributed by atoms with Crippen molar-refractivity contribution in [3.8, 4) is 0 Å². The smallest absolute Gasteiger partial charge is 0.408 e. The second kappa shape index (κ2) is 7.18. The lowest BCUT2D eigenvalue weighted by atomic mass is 10.2. The summed E-state index contributed by atoms with van der Waals surface area (Å²) in [6.45, 7) is 1.57. The van der Waals surface area contributed by atoms with Crippen LogP contribution in [-0.2, 0) is 14.8 Å². The van der Waals surface area contributed by atoms with E-state index < -0.39 is 32.5 Å². The standard InChI is InChI=1S/C13H15N5O7S/c1-8-7-11(25-2)17(22)18(14-8)15-13(21)16-26(23,24)10-6-4-3-5-9(10)12(19)20/h3-7,14H,1-2H3,(H,19,20)(H2,15,16,21). The topological polar surface area (TPSA) is 163 Å². The third kappa shape index (κ3) is 3.94. The average molecular weight is 385 g/mol. The van der Waals surface area contributed by atoms with Crippen LogP contribution in [0.3, 0.4) is 0 Å². The number of hydrogen-bond acceptors (Lipinski definition) is 8. The van der Waals surface area contributed by atoms with Gasteiger partial charge in [-0.25, -0.2) is 28.2 Å². The van der Waals surface area contributed by atoms with E-state index in [2.05, 4.69) is 5.43 Å². The first-order valence-corrected chi connectivity index (χ1v) is 8.43. The summed E-state index contributed by atoms with van der Waals surface area (Å²) in [6, 6.07) is 3.45.